The molecule has 1 aromatic rings. The smallest absolute Gasteiger partial charge is 0.454 e. The summed E-state index contributed by atoms with van der Waals surface area (Å²) in [6.07, 6.45) is -3.46. The zero-order valence-electron chi connectivity index (χ0n) is 8.91. The maximum Gasteiger partial charge on any atom is 0.454 e. The number of alkyl halides is 3. The molecule has 0 aromatic heterocycles. The van der Waals surface area contributed by atoms with Gasteiger partial charge in [-0.3, -0.25) is 4.79 Å². The molecule has 0 aliphatic rings. The molecule has 6 heteroatoms. The van der Waals surface area contributed by atoms with E-state index in [0.29, 0.717) is 17.5 Å². The minimum absolute atomic E-state index is 0.435. The first-order valence-corrected chi connectivity index (χ1v) is 4.62. The molecule has 0 atom stereocenters. The van der Waals surface area contributed by atoms with Gasteiger partial charge in [-0.05, 0) is 24.3 Å². The summed E-state index contributed by atoms with van der Waals surface area (Å²) in [7, 11) is 1.50. The van der Waals surface area contributed by atoms with Gasteiger partial charge in [0.15, 0.2) is 0 Å². The molecule has 0 amide bonds. The fraction of sp³-hybridized carbons (Fsp3) is 0.182. The summed E-state index contributed by atoms with van der Waals surface area (Å²) in [6.45, 7) is 0. The van der Waals surface area contributed by atoms with Crippen molar-refractivity contribution in [1.29, 1.82) is 0 Å². The molecule has 0 fully saturated rings. The monoisotopic (exact) mass is 245 g/mol. The van der Waals surface area contributed by atoms with Gasteiger partial charge in [0.25, 0.3) is 5.78 Å². The third-order valence-corrected chi connectivity index (χ3v) is 1.85. The lowest BCUT2D eigenvalue weighted by molar-refractivity contribution is -0.165. The summed E-state index contributed by atoms with van der Waals surface area (Å²) in [5.74, 6) is -1.27. The van der Waals surface area contributed by atoms with Crippen molar-refractivity contribution < 1.29 is 22.7 Å². The van der Waals surface area contributed by atoms with Crippen LogP contribution in [0.3, 0.4) is 0 Å². The third kappa shape index (κ3) is 4.18. The first kappa shape index (κ1) is 13.1. The van der Waals surface area contributed by atoms with E-state index in [1.54, 1.807) is 24.3 Å². The minimum atomic E-state index is -4.84. The van der Waals surface area contributed by atoms with E-state index in [2.05, 4.69) is 5.32 Å². The zero-order chi connectivity index (χ0) is 12.9. The number of rotatable bonds is 4. The van der Waals surface area contributed by atoms with Crippen molar-refractivity contribution in [3.8, 4) is 5.75 Å². The van der Waals surface area contributed by atoms with Gasteiger partial charge in [0, 0.05) is 18.0 Å². The lowest BCUT2D eigenvalue weighted by atomic mass is 10.3. The molecule has 0 aliphatic carbocycles. The van der Waals surface area contributed by atoms with Crippen molar-refractivity contribution in [3.63, 3.8) is 0 Å². The van der Waals surface area contributed by atoms with Crippen LogP contribution in [0.25, 0.3) is 0 Å². The number of hydrogen-bond acceptors (Lipinski definition) is 3. The Labute approximate surface area is 95.9 Å². The molecule has 0 aliphatic heterocycles. The van der Waals surface area contributed by atoms with Crippen molar-refractivity contribution >= 4 is 11.5 Å². The van der Waals surface area contributed by atoms with Crippen LogP contribution < -0.4 is 10.1 Å². The summed E-state index contributed by atoms with van der Waals surface area (Å²) in [5, 5.41) is 2.54. The Morgan fingerprint density at radius 3 is 2.35 bits per heavy atom. The van der Waals surface area contributed by atoms with Crippen LogP contribution in [0.4, 0.5) is 18.9 Å². The minimum Gasteiger partial charge on any atom is -0.497 e. The number of hydrogen-bond donors (Lipinski definition) is 1. The Morgan fingerprint density at radius 1 is 1.29 bits per heavy atom. The maximum atomic E-state index is 11.8. The molecule has 0 spiro atoms. The van der Waals surface area contributed by atoms with Gasteiger partial charge in [-0.25, -0.2) is 0 Å². The largest absolute Gasteiger partial charge is 0.497 e. The highest BCUT2D eigenvalue weighted by Crippen LogP contribution is 2.17. The molecular formula is C11H10F3NO2. The Balaban J connectivity index is 2.55. The highest BCUT2D eigenvalue weighted by molar-refractivity contribution is 5.94. The zero-order valence-corrected chi connectivity index (χ0v) is 8.91. The van der Waals surface area contributed by atoms with E-state index in [9.17, 15) is 18.0 Å². The maximum absolute atomic E-state index is 11.8. The average Bonchev–Trinajstić information content (AvgIpc) is 2.28. The van der Waals surface area contributed by atoms with Gasteiger partial charge < -0.3 is 10.1 Å². The number of halogens is 3. The first-order valence-electron chi connectivity index (χ1n) is 4.62. The second kappa shape index (κ2) is 5.38. The van der Waals surface area contributed by atoms with Crippen LogP contribution in [0.1, 0.15) is 0 Å². The van der Waals surface area contributed by atoms with Gasteiger partial charge in [0.2, 0.25) is 0 Å². The summed E-state index contributed by atoms with van der Waals surface area (Å²) in [5.41, 5.74) is 0.553. The van der Waals surface area contributed by atoms with Gasteiger partial charge in [0.05, 0.1) is 7.11 Å². The third-order valence-electron chi connectivity index (χ3n) is 1.85. The van der Waals surface area contributed by atoms with Gasteiger partial charge >= 0.3 is 6.18 Å². The van der Waals surface area contributed by atoms with Crippen LogP contribution >= 0.6 is 0 Å². The quantitative estimate of drug-likeness (QED) is 0.829. The van der Waals surface area contributed by atoms with Gasteiger partial charge in [-0.2, -0.15) is 13.2 Å². The number of anilines is 1. The average molecular weight is 245 g/mol. The van der Waals surface area contributed by atoms with Gasteiger partial charge in [-0.15, -0.1) is 0 Å². The Kier molecular flexibility index (Phi) is 4.14. The first-order chi connectivity index (χ1) is 7.93. The van der Waals surface area contributed by atoms with Crippen LogP contribution in [-0.2, 0) is 4.79 Å². The second-order valence-electron chi connectivity index (χ2n) is 3.07. The summed E-state index contributed by atoms with van der Waals surface area (Å²) in [4.78, 5) is 10.5. The standard InChI is InChI=1S/C11H10F3NO2/c1-17-9-4-2-8(3-5-9)15-7-6-10(16)11(12,13)14/h2-7,15H,1H3. The molecule has 3 nitrogen and oxygen atoms in total. The van der Waals surface area contributed by atoms with Crippen LogP contribution in [-0.4, -0.2) is 19.1 Å². The van der Waals surface area contributed by atoms with Gasteiger partial charge in [0.1, 0.15) is 5.75 Å². The Hall–Kier alpha value is -1.98. The highest BCUT2D eigenvalue weighted by Gasteiger charge is 2.35. The molecule has 1 aromatic carbocycles. The summed E-state index contributed by atoms with van der Waals surface area (Å²) in [6, 6.07) is 6.51. The fourth-order valence-corrected chi connectivity index (χ4v) is 0.995. The summed E-state index contributed by atoms with van der Waals surface area (Å²) >= 11 is 0. The molecule has 0 bridgehead atoms. The Morgan fingerprint density at radius 2 is 1.88 bits per heavy atom. The predicted molar refractivity (Wildman–Crippen MR) is 56.8 cm³/mol. The van der Waals surface area contributed by atoms with Crippen LogP contribution in [0.5, 0.6) is 5.75 Å². The molecule has 17 heavy (non-hydrogen) atoms. The van der Waals surface area contributed by atoms with Crippen molar-refractivity contribution in [2.45, 2.75) is 6.18 Å². The van der Waals surface area contributed by atoms with E-state index >= 15 is 0 Å². The number of methoxy groups -OCH3 is 1. The van der Waals surface area contributed by atoms with Crippen molar-refractivity contribution in [3.05, 3.63) is 36.5 Å². The van der Waals surface area contributed by atoms with Gasteiger partial charge in [-0.1, -0.05) is 0 Å². The topological polar surface area (TPSA) is 38.3 Å². The number of ether oxygens (including phenoxy) is 1. The van der Waals surface area contributed by atoms with Crippen molar-refractivity contribution in [1.82, 2.24) is 0 Å². The van der Waals surface area contributed by atoms with E-state index in [1.807, 2.05) is 0 Å². The molecule has 92 valence electrons. The Bertz CT molecular complexity index is 410. The van der Waals surface area contributed by atoms with Crippen molar-refractivity contribution in [2.75, 3.05) is 12.4 Å². The number of ketones is 1. The molecule has 0 radical (unpaired) electrons. The number of allylic oxidation sites excluding steroid dienone is 1. The number of carbonyl (C=O) groups excluding carboxylic acids is 1. The molecule has 0 unspecified atom stereocenters. The highest BCUT2D eigenvalue weighted by atomic mass is 19.4. The fourth-order valence-electron chi connectivity index (χ4n) is 0.995. The van der Waals surface area contributed by atoms with E-state index < -0.39 is 12.0 Å². The number of nitrogens with one attached hydrogen (secondary N) is 1. The van der Waals surface area contributed by atoms with E-state index in [0.717, 1.165) is 6.20 Å². The van der Waals surface area contributed by atoms with E-state index in [-0.39, 0.29) is 0 Å². The molecule has 1 rings (SSSR count). The van der Waals surface area contributed by atoms with E-state index in [1.165, 1.54) is 7.11 Å². The van der Waals surface area contributed by atoms with E-state index in [4.69, 9.17) is 4.74 Å². The molecular weight excluding hydrogens is 235 g/mol. The molecule has 0 saturated carbocycles. The predicted octanol–water partition coefficient (Wildman–Crippen LogP) is 2.75. The van der Waals surface area contributed by atoms with Crippen LogP contribution in [0, 0.1) is 0 Å². The van der Waals surface area contributed by atoms with Crippen LogP contribution in [0.15, 0.2) is 36.5 Å². The molecule has 0 heterocycles. The van der Waals surface area contributed by atoms with Crippen LogP contribution in [0.2, 0.25) is 0 Å². The number of carbonyl (C=O) groups is 1. The van der Waals surface area contributed by atoms with Crippen molar-refractivity contribution in [2.24, 2.45) is 0 Å². The second-order valence-corrected chi connectivity index (χ2v) is 3.07. The molecule has 1 N–H and O–H groups in total. The normalized spacial score (nSPS) is 11.5. The summed E-state index contributed by atoms with van der Waals surface area (Å²) < 4.78 is 40.4. The number of benzene rings is 1. The SMILES string of the molecule is COc1ccc(NC=CC(=O)C(F)(F)F)cc1. The molecule has 0 saturated heterocycles. The lowest BCUT2D eigenvalue weighted by Crippen LogP contribution is -2.20. The lowest BCUT2D eigenvalue weighted by Gasteiger charge is -2.03.